The summed E-state index contributed by atoms with van der Waals surface area (Å²) in [7, 11) is 4.45. The van der Waals surface area contributed by atoms with Crippen molar-refractivity contribution in [1.82, 2.24) is 0 Å². The summed E-state index contributed by atoms with van der Waals surface area (Å²) >= 11 is 0. The number of nitrogens with zero attached hydrogens (tertiary/aromatic N) is 1. The first kappa shape index (κ1) is 23.1. The Balaban J connectivity index is 0.00000300. The van der Waals surface area contributed by atoms with E-state index in [1.807, 2.05) is 67.6 Å². The van der Waals surface area contributed by atoms with E-state index < -0.39 is 5.60 Å². The highest BCUT2D eigenvalue weighted by Gasteiger charge is 2.46. The monoisotopic (exact) mass is 397 g/mol. The summed E-state index contributed by atoms with van der Waals surface area (Å²) < 4.78 is 13.4. The van der Waals surface area contributed by atoms with Gasteiger partial charge in [-0.3, -0.25) is 0 Å². The highest BCUT2D eigenvalue weighted by molar-refractivity contribution is 5.86. The van der Waals surface area contributed by atoms with Gasteiger partial charge in [-0.05, 0) is 17.5 Å². The van der Waals surface area contributed by atoms with E-state index in [4.69, 9.17) is 9.47 Å². The second kappa shape index (κ2) is 10.0. The van der Waals surface area contributed by atoms with E-state index >= 15 is 0 Å². The minimum Gasteiger partial charge on any atom is -0.459 e. The molecule has 1 fully saturated rings. The largest absolute Gasteiger partial charge is 0.459 e. The molecule has 4 heteroatoms. The number of quaternary nitrogens is 1. The fourth-order valence-corrected chi connectivity index (χ4v) is 3.82. The average molecular weight is 398 g/mol. The topological polar surface area (TPSA) is 35.5 Å². The number of hydrogen-bond acceptors (Lipinski definition) is 3. The summed E-state index contributed by atoms with van der Waals surface area (Å²) in [6.07, 6.45) is 2.53. The Labute approximate surface area is 176 Å². The van der Waals surface area contributed by atoms with Crippen molar-refractivity contribution in [2.75, 3.05) is 33.8 Å². The first-order valence-corrected chi connectivity index (χ1v) is 10.3. The Morgan fingerprint density at radius 3 is 1.90 bits per heavy atom. The molecule has 2 aromatic carbocycles. The van der Waals surface area contributed by atoms with Gasteiger partial charge in [0.2, 0.25) is 5.60 Å². The van der Waals surface area contributed by atoms with Crippen molar-refractivity contribution in [3.63, 3.8) is 0 Å². The zero-order valence-electron chi connectivity index (χ0n) is 18.3. The number of esters is 1. The molecule has 29 heavy (non-hydrogen) atoms. The Morgan fingerprint density at radius 2 is 1.45 bits per heavy atom. The molecule has 0 saturated carbocycles. The van der Waals surface area contributed by atoms with Gasteiger partial charge in [0.05, 0.1) is 27.2 Å². The first-order chi connectivity index (χ1) is 13.5. The normalized spacial score (nSPS) is 16.7. The molecular weight excluding hydrogens is 362 g/mol. The van der Waals surface area contributed by atoms with E-state index in [1.165, 1.54) is 0 Å². The third kappa shape index (κ3) is 5.26. The molecule has 0 spiro atoms. The van der Waals surface area contributed by atoms with Crippen LogP contribution >= 0.6 is 0 Å². The molecule has 3 rings (SSSR count). The Hall–Kier alpha value is -2.17. The van der Waals surface area contributed by atoms with Crippen molar-refractivity contribution in [2.24, 2.45) is 0 Å². The van der Waals surface area contributed by atoms with Gasteiger partial charge in [0.25, 0.3) is 0 Å². The maximum Gasteiger partial charge on any atom is 0.348 e. The number of hydrogen-bond donors (Lipinski definition) is 0. The van der Waals surface area contributed by atoms with Crippen LogP contribution in [0.25, 0.3) is 0 Å². The van der Waals surface area contributed by atoms with Crippen LogP contribution in [0.5, 0.6) is 0 Å². The van der Waals surface area contributed by atoms with Crippen molar-refractivity contribution in [1.29, 1.82) is 0 Å². The standard InChI is InChI=1S/C24H32NO3.CH3/c1-4-19-27-24(20-11-7-5-8-12-20,21-13-9-6-10-14-21)23(26)28-22-15-17-25(2,3)18-16-22;/h5-14,22H,4,15-19H2,1-3H3;1H3/q+1;-1. The lowest BCUT2D eigenvalue weighted by molar-refractivity contribution is -0.896. The van der Waals surface area contributed by atoms with Gasteiger partial charge >= 0.3 is 5.97 Å². The maximum atomic E-state index is 13.6. The molecule has 0 aliphatic carbocycles. The van der Waals surface area contributed by atoms with Crippen LogP contribution in [0, 0.1) is 7.43 Å². The minimum atomic E-state index is -1.24. The molecule has 1 aliphatic rings. The molecular formula is C25H35NO3. The van der Waals surface area contributed by atoms with E-state index in [0.29, 0.717) is 6.61 Å². The molecule has 2 aromatic rings. The fraction of sp³-hybridized carbons (Fsp3) is 0.440. The lowest BCUT2D eigenvalue weighted by Gasteiger charge is -2.39. The van der Waals surface area contributed by atoms with Gasteiger partial charge < -0.3 is 21.4 Å². The van der Waals surface area contributed by atoms with Gasteiger partial charge in [0.1, 0.15) is 6.10 Å². The smallest absolute Gasteiger partial charge is 0.348 e. The van der Waals surface area contributed by atoms with Crippen molar-refractivity contribution < 1.29 is 18.8 Å². The summed E-state index contributed by atoms with van der Waals surface area (Å²) in [6, 6.07) is 19.5. The van der Waals surface area contributed by atoms with Crippen molar-refractivity contribution >= 4 is 5.97 Å². The number of carbonyl (C=O) groups excluding carboxylic acids is 1. The van der Waals surface area contributed by atoms with Crippen molar-refractivity contribution in [2.45, 2.75) is 37.9 Å². The number of benzene rings is 2. The number of carbonyl (C=O) groups is 1. The zero-order chi connectivity index (χ0) is 20.0. The van der Waals surface area contributed by atoms with Gasteiger partial charge in [-0.25, -0.2) is 4.79 Å². The van der Waals surface area contributed by atoms with E-state index in [1.54, 1.807) is 0 Å². The predicted molar refractivity (Wildman–Crippen MR) is 117 cm³/mol. The predicted octanol–water partition coefficient (Wildman–Crippen LogP) is 4.59. The third-order valence-electron chi connectivity index (χ3n) is 5.56. The van der Waals surface area contributed by atoms with Gasteiger partial charge in [-0.2, -0.15) is 0 Å². The lowest BCUT2D eigenvalue weighted by atomic mass is 9.85. The Bertz CT molecular complexity index is 709. The minimum absolute atomic E-state index is 0. The molecule has 0 bridgehead atoms. The summed E-state index contributed by atoms with van der Waals surface area (Å²) in [5.41, 5.74) is 0.388. The van der Waals surface area contributed by atoms with E-state index in [0.717, 1.165) is 48.0 Å². The molecule has 0 atom stereocenters. The van der Waals surface area contributed by atoms with Gasteiger partial charge in [-0.15, -0.1) is 0 Å². The Morgan fingerprint density at radius 1 is 0.966 bits per heavy atom. The molecule has 0 radical (unpaired) electrons. The third-order valence-corrected chi connectivity index (χ3v) is 5.56. The molecule has 158 valence electrons. The van der Waals surface area contributed by atoms with Crippen LogP contribution in [-0.2, 0) is 19.9 Å². The highest BCUT2D eigenvalue weighted by Crippen LogP contribution is 2.36. The number of likely N-dealkylation sites (tertiary alicyclic amines) is 1. The van der Waals surface area contributed by atoms with Gasteiger partial charge in [0, 0.05) is 19.4 Å². The summed E-state index contributed by atoms with van der Waals surface area (Å²) in [5, 5.41) is 0. The van der Waals surface area contributed by atoms with Crippen LogP contribution in [0.15, 0.2) is 60.7 Å². The van der Waals surface area contributed by atoms with Crippen molar-refractivity contribution in [3.05, 3.63) is 79.2 Å². The van der Waals surface area contributed by atoms with Crippen LogP contribution in [0.1, 0.15) is 37.3 Å². The highest BCUT2D eigenvalue weighted by atomic mass is 16.6. The second-order valence-corrected chi connectivity index (χ2v) is 8.25. The van der Waals surface area contributed by atoms with Crippen LogP contribution < -0.4 is 0 Å². The molecule has 0 amide bonds. The van der Waals surface area contributed by atoms with Crippen LogP contribution in [0.4, 0.5) is 0 Å². The van der Waals surface area contributed by atoms with Gasteiger partial charge in [-0.1, -0.05) is 67.6 Å². The fourth-order valence-electron chi connectivity index (χ4n) is 3.82. The molecule has 1 heterocycles. The Kier molecular flexibility index (Phi) is 8.00. The molecule has 0 aromatic heterocycles. The molecule has 4 nitrogen and oxygen atoms in total. The van der Waals surface area contributed by atoms with Crippen LogP contribution in [0.2, 0.25) is 0 Å². The van der Waals surface area contributed by atoms with E-state index in [9.17, 15) is 4.79 Å². The summed E-state index contributed by atoms with van der Waals surface area (Å²) in [6.45, 7) is 4.55. The maximum absolute atomic E-state index is 13.6. The van der Waals surface area contributed by atoms with Gasteiger partial charge in [0.15, 0.2) is 0 Å². The lowest BCUT2D eigenvalue weighted by Crippen LogP contribution is -2.50. The quantitative estimate of drug-likeness (QED) is 0.389. The zero-order valence-corrected chi connectivity index (χ0v) is 18.3. The number of rotatable bonds is 7. The summed E-state index contributed by atoms with van der Waals surface area (Å²) in [5.74, 6) is -0.310. The van der Waals surface area contributed by atoms with E-state index in [2.05, 4.69) is 14.1 Å². The molecule has 0 N–H and O–H groups in total. The van der Waals surface area contributed by atoms with E-state index in [-0.39, 0.29) is 19.5 Å². The number of ether oxygens (including phenoxy) is 2. The van der Waals surface area contributed by atoms with Crippen molar-refractivity contribution in [3.8, 4) is 0 Å². The summed E-state index contributed by atoms with van der Waals surface area (Å²) in [4.78, 5) is 13.6. The average Bonchev–Trinajstić information content (AvgIpc) is 2.72. The second-order valence-electron chi connectivity index (χ2n) is 8.25. The SMILES string of the molecule is CCCOC(C(=O)OC1CC[N+](C)(C)CC1)(c1ccccc1)c1ccccc1.[CH3-]. The molecule has 1 saturated heterocycles. The first-order valence-electron chi connectivity index (χ1n) is 10.3. The molecule has 0 unspecified atom stereocenters. The number of piperidine rings is 1. The van der Waals surface area contributed by atoms with Crippen LogP contribution in [-0.4, -0.2) is 50.3 Å². The molecule has 1 aliphatic heterocycles. The van der Waals surface area contributed by atoms with Crippen LogP contribution in [0.3, 0.4) is 0 Å².